The summed E-state index contributed by atoms with van der Waals surface area (Å²) >= 11 is 0. The average Bonchev–Trinajstić information content (AvgIpc) is 2.70. The van der Waals surface area contributed by atoms with Crippen LogP contribution in [0.15, 0.2) is 36.4 Å². The minimum absolute atomic E-state index is 0.0964. The molecule has 2 aromatic rings. The average molecular weight is 386 g/mol. The van der Waals surface area contributed by atoms with Crippen molar-refractivity contribution in [3.05, 3.63) is 53.1 Å². The van der Waals surface area contributed by atoms with Crippen LogP contribution < -0.4 is 14.2 Å². The summed E-state index contributed by atoms with van der Waals surface area (Å²) < 4.78 is 21.4. The number of carbonyl (C=O) groups excluding carboxylic acids is 1. The van der Waals surface area contributed by atoms with Gasteiger partial charge in [-0.1, -0.05) is 45.0 Å². The Hall–Kier alpha value is -2.69. The molecule has 5 heteroatoms. The summed E-state index contributed by atoms with van der Waals surface area (Å²) in [5.74, 6) is 1.57. The van der Waals surface area contributed by atoms with Crippen molar-refractivity contribution >= 4 is 5.97 Å². The largest absolute Gasteiger partial charge is 0.493 e. The smallest absolute Gasteiger partial charge is 0.338 e. The lowest BCUT2D eigenvalue weighted by molar-refractivity contribution is 0.0484. The molecule has 0 aliphatic rings. The van der Waals surface area contributed by atoms with Gasteiger partial charge in [0.2, 0.25) is 5.75 Å². The highest BCUT2D eigenvalue weighted by molar-refractivity contribution is 5.91. The molecule has 1 atom stereocenters. The molecule has 0 spiro atoms. The second kappa shape index (κ2) is 10.0. The van der Waals surface area contributed by atoms with Crippen molar-refractivity contribution in [2.75, 3.05) is 27.9 Å². The number of methoxy groups -OCH3 is 3. The third-order valence-electron chi connectivity index (χ3n) is 4.56. The molecule has 0 saturated heterocycles. The van der Waals surface area contributed by atoms with Gasteiger partial charge in [-0.25, -0.2) is 4.79 Å². The Morgan fingerprint density at radius 2 is 1.46 bits per heavy atom. The molecule has 0 aliphatic heterocycles. The van der Waals surface area contributed by atoms with Gasteiger partial charge in [-0.3, -0.25) is 0 Å². The van der Waals surface area contributed by atoms with E-state index in [9.17, 15) is 4.79 Å². The van der Waals surface area contributed by atoms with Gasteiger partial charge in [-0.05, 0) is 35.6 Å². The molecule has 28 heavy (non-hydrogen) atoms. The van der Waals surface area contributed by atoms with E-state index >= 15 is 0 Å². The van der Waals surface area contributed by atoms with Gasteiger partial charge in [0.05, 0.1) is 33.5 Å². The van der Waals surface area contributed by atoms with Crippen LogP contribution in [0, 0.1) is 5.92 Å². The molecule has 0 saturated carbocycles. The normalized spacial score (nSPS) is 11.8. The maximum Gasteiger partial charge on any atom is 0.338 e. The van der Waals surface area contributed by atoms with Crippen molar-refractivity contribution in [2.24, 2.45) is 5.92 Å². The van der Waals surface area contributed by atoms with Crippen LogP contribution in [0.1, 0.15) is 48.2 Å². The van der Waals surface area contributed by atoms with Crippen LogP contribution in [0.5, 0.6) is 17.2 Å². The van der Waals surface area contributed by atoms with Crippen molar-refractivity contribution < 1.29 is 23.7 Å². The molecule has 0 heterocycles. The van der Waals surface area contributed by atoms with E-state index in [0.29, 0.717) is 35.3 Å². The molecule has 0 bridgehead atoms. The van der Waals surface area contributed by atoms with E-state index < -0.39 is 5.97 Å². The van der Waals surface area contributed by atoms with E-state index in [4.69, 9.17) is 18.9 Å². The Morgan fingerprint density at radius 1 is 0.893 bits per heavy atom. The molecule has 0 aromatic heterocycles. The quantitative estimate of drug-likeness (QED) is 0.576. The van der Waals surface area contributed by atoms with Crippen LogP contribution in [0.25, 0.3) is 0 Å². The lowest BCUT2D eigenvalue weighted by Crippen LogP contribution is -2.12. The van der Waals surface area contributed by atoms with Crippen LogP contribution in [0.4, 0.5) is 0 Å². The number of benzene rings is 2. The summed E-state index contributed by atoms with van der Waals surface area (Å²) in [6.07, 6.45) is 1.06. The Bertz CT molecular complexity index is 755. The molecule has 0 radical (unpaired) electrons. The second-order valence-corrected chi connectivity index (χ2v) is 7.25. The van der Waals surface area contributed by atoms with Crippen LogP contribution >= 0.6 is 0 Å². The van der Waals surface area contributed by atoms with E-state index in [1.165, 1.54) is 26.9 Å². The number of rotatable bonds is 9. The van der Waals surface area contributed by atoms with Crippen molar-refractivity contribution in [1.29, 1.82) is 0 Å². The highest BCUT2D eigenvalue weighted by atomic mass is 16.5. The second-order valence-electron chi connectivity index (χ2n) is 7.25. The summed E-state index contributed by atoms with van der Waals surface area (Å²) in [6, 6.07) is 11.7. The molecule has 152 valence electrons. The molecule has 0 N–H and O–H groups in total. The Kier molecular flexibility index (Phi) is 7.73. The van der Waals surface area contributed by atoms with Gasteiger partial charge < -0.3 is 18.9 Å². The predicted octanol–water partition coefficient (Wildman–Crippen LogP) is 4.87. The first-order chi connectivity index (χ1) is 13.4. The number of esters is 1. The molecule has 2 aromatic carbocycles. The number of ether oxygens (including phenoxy) is 4. The minimum Gasteiger partial charge on any atom is -0.493 e. The zero-order valence-corrected chi connectivity index (χ0v) is 17.6. The van der Waals surface area contributed by atoms with E-state index in [1.807, 2.05) is 6.92 Å². The van der Waals surface area contributed by atoms with E-state index in [1.54, 1.807) is 12.1 Å². The molecule has 0 fully saturated rings. The van der Waals surface area contributed by atoms with Crippen LogP contribution in [-0.2, 0) is 11.2 Å². The van der Waals surface area contributed by atoms with E-state index in [2.05, 4.69) is 38.1 Å². The summed E-state index contributed by atoms with van der Waals surface area (Å²) in [4.78, 5) is 12.5. The molecule has 1 unspecified atom stereocenters. The van der Waals surface area contributed by atoms with Gasteiger partial charge in [0.15, 0.2) is 11.5 Å². The molecular weight excluding hydrogens is 356 g/mol. The van der Waals surface area contributed by atoms with Gasteiger partial charge in [0, 0.05) is 5.92 Å². The fourth-order valence-corrected chi connectivity index (χ4v) is 3.03. The fourth-order valence-electron chi connectivity index (χ4n) is 3.03. The van der Waals surface area contributed by atoms with Crippen LogP contribution in [-0.4, -0.2) is 33.9 Å². The molecule has 5 nitrogen and oxygen atoms in total. The SMILES string of the molecule is COc1cc(C(=O)OCC(C)c2ccc(CC(C)C)cc2)cc(OC)c1OC. The number of carbonyl (C=O) groups is 1. The van der Waals surface area contributed by atoms with Crippen molar-refractivity contribution in [3.8, 4) is 17.2 Å². The Balaban J connectivity index is 2.05. The minimum atomic E-state index is -0.428. The van der Waals surface area contributed by atoms with Crippen molar-refractivity contribution in [3.63, 3.8) is 0 Å². The fraction of sp³-hybridized carbons (Fsp3) is 0.435. The van der Waals surface area contributed by atoms with Crippen molar-refractivity contribution in [1.82, 2.24) is 0 Å². The highest BCUT2D eigenvalue weighted by Gasteiger charge is 2.18. The highest BCUT2D eigenvalue weighted by Crippen LogP contribution is 2.38. The first-order valence-corrected chi connectivity index (χ1v) is 9.45. The third-order valence-corrected chi connectivity index (χ3v) is 4.56. The summed E-state index contributed by atoms with van der Waals surface area (Å²) in [5.41, 5.74) is 2.82. The monoisotopic (exact) mass is 386 g/mol. The standard InChI is InChI=1S/C23H30O5/c1-15(2)11-17-7-9-18(10-8-17)16(3)14-28-23(24)19-12-20(25-4)22(27-6)21(13-19)26-5/h7-10,12-13,15-16H,11,14H2,1-6H3. The molecular formula is C23H30O5. The molecule has 0 aliphatic carbocycles. The lowest BCUT2D eigenvalue weighted by Gasteiger charge is -2.16. The topological polar surface area (TPSA) is 54.0 Å². The number of hydrogen-bond acceptors (Lipinski definition) is 5. The van der Waals surface area contributed by atoms with Crippen LogP contribution in [0.3, 0.4) is 0 Å². The van der Waals surface area contributed by atoms with Gasteiger partial charge >= 0.3 is 5.97 Å². The van der Waals surface area contributed by atoms with Crippen molar-refractivity contribution in [2.45, 2.75) is 33.1 Å². The number of hydrogen-bond donors (Lipinski definition) is 0. The van der Waals surface area contributed by atoms with E-state index in [-0.39, 0.29) is 5.92 Å². The predicted molar refractivity (Wildman–Crippen MR) is 110 cm³/mol. The summed E-state index contributed by atoms with van der Waals surface area (Å²) in [7, 11) is 4.54. The third kappa shape index (κ3) is 5.41. The maximum absolute atomic E-state index is 12.5. The van der Waals surface area contributed by atoms with Crippen LogP contribution in [0.2, 0.25) is 0 Å². The molecule has 0 amide bonds. The van der Waals surface area contributed by atoms with Gasteiger partial charge in [-0.2, -0.15) is 0 Å². The zero-order chi connectivity index (χ0) is 20.7. The lowest BCUT2D eigenvalue weighted by atomic mass is 9.97. The summed E-state index contributed by atoms with van der Waals surface area (Å²) in [6.45, 7) is 6.75. The first-order valence-electron chi connectivity index (χ1n) is 9.45. The maximum atomic E-state index is 12.5. The molecule has 2 rings (SSSR count). The Morgan fingerprint density at radius 3 is 1.93 bits per heavy atom. The van der Waals surface area contributed by atoms with Gasteiger partial charge in [0.1, 0.15) is 0 Å². The van der Waals surface area contributed by atoms with E-state index in [0.717, 1.165) is 12.0 Å². The van der Waals surface area contributed by atoms with Gasteiger partial charge in [-0.15, -0.1) is 0 Å². The first kappa shape index (κ1) is 21.6. The Labute approximate surface area is 167 Å². The zero-order valence-electron chi connectivity index (χ0n) is 17.6. The summed E-state index contributed by atoms with van der Waals surface area (Å²) in [5, 5.41) is 0. The van der Waals surface area contributed by atoms with Gasteiger partial charge in [0.25, 0.3) is 0 Å².